The Balaban J connectivity index is 1.29. The van der Waals surface area contributed by atoms with Crippen LogP contribution in [0.5, 0.6) is 11.5 Å². The summed E-state index contributed by atoms with van der Waals surface area (Å²) in [7, 11) is 3.10. The fourth-order valence-corrected chi connectivity index (χ4v) is 4.98. The van der Waals surface area contributed by atoms with E-state index in [0.29, 0.717) is 38.0 Å². The van der Waals surface area contributed by atoms with Crippen LogP contribution in [0.15, 0.2) is 82.8 Å². The first-order valence-corrected chi connectivity index (χ1v) is 13.1. The van der Waals surface area contributed by atoms with Crippen LogP contribution < -0.4 is 20.1 Å². The summed E-state index contributed by atoms with van der Waals surface area (Å²) in [6, 6.07) is 20.0. The number of fused-ring (bicyclic) bond motifs is 1. The number of halogens is 1. The molecule has 2 amide bonds. The molecule has 0 spiro atoms. The zero-order valence-electron chi connectivity index (χ0n) is 21.0. The van der Waals surface area contributed by atoms with Gasteiger partial charge < -0.3 is 20.1 Å². The van der Waals surface area contributed by atoms with Crippen molar-refractivity contribution in [1.29, 1.82) is 0 Å². The Hall–Kier alpha value is -4.34. The van der Waals surface area contributed by atoms with Crippen molar-refractivity contribution in [2.45, 2.75) is 6.42 Å². The summed E-state index contributed by atoms with van der Waals surface area (Å²) >= 11 is 7.59. The smallest absolute Gasteiger partial charge is 0.264 e. The van der Waals surface area contributed by atoms with Gasteiger partial charge >= 0.3 is 0 Å². The Bertz CT molecular complexity index is 1650. The third kappa shape index (κ3) is 6.22. The summed E-state index contributed by atoms with van der Waals surface area (Å²) in [5.41, 5.74) is 3.48. The molecule has 1 saturated heterocycles. The van der Waals surface area contributed by atoms with Gasteiger partial charge in [0.2, 0.25) is 5.91 Å². The highest BCUT2D eigenvalue weighted by Crippen LogP contribution is 2.33. The molecule has 4 aromatic rings. The quantitative estimate of drug-likeness (QED) is 0.271. The van der Waals surface area contributed by atoms with Gasteiger partial charge in [0.25, 0.3) is 5.91 Å². The second kappa shape index (κ2) is 11.6. The van der Waals surface area contributed by atoms with Crippen LogP contribution in [0, 0.1) is 0 Å². The van der Waals surface area contributed by atoms with E-state index >= 15 is 0 Å². The topological polar surface area (TPSA) is 102 Å². The monoisotopic (exact) mass is 558 g/mol. The average molecular weight is 559 g/mol. The lowest BCUT2D eigenvalue weighted by Gasteiger charge is -2.10. The number of nitrogens with one attached hydrogen (secondary N) is 2. The number of aliphatic imine (C=N–C) groups is 1. The number of thioether (sulfide) groups is 1. The van der Waals surface area contributed by atoms with Gasteiger partial charge in [0.05, 0.1) is 41.8 Å². The minimum Gasteiger partial charge on any atom is -0.493 e. The number of pyridine rings is 1. The normalized spacial score (nSPS) is 15.0. The van der Waals surface area contributed by atoms with Crippen LogP contribution in [0.4, 0.5) is 11.4 Å². The number of aromatic nitrogens is 1. The molecule has 0 atom stereocenters. The van der Waals surface area contributed by atoms with Crippen molar-refractivity contribution in [3.05, 3.63) is 94.0 Å². The van der Waals surface area contributed by atoms with E-state index in [1.807, 2.05) is 30.3 Å². The number of carbonyl (C=O) groups excluding carboxylic acids is 2. The number of amides is 2. The van der Waals surface area contributed by atoms with Crippen LogP contribution in [-0.4, -0.2) is 36.2 Å². The molecule has 0 unspecified atom stereocenters. The van der Waals surface area contributed by atoms with Crippen molar-refractivity contribution in [2.75, 3.05) is 19.5 Å². The van der Waals surface area contributed by atoms with Crippen molar-refractivity contribution in [3.63, 3.8) is 0 Å². The van der Waals surface area contributed by atoms with Gasteiger partial charge in [0.15, 0.2) is 16.7 Å². The predicted molar refractivity (Wildman–Crippen MR) is 156 cm³/mol. The van der Waals surface area contributed by atoms with E-state index in [2.05, 4.69) is 20.6 Å². The van der Waals surface area contributed by atoms with Crippen molar-refractivity contribution in [1.82, 2.24) is 10.3 Å². The number of methoxy groups -OCH3 is 2. The van der Waals surface area contributed by atoms with Crippen molar-refractivity contribution >= 4 is 68.7 Å². The largest absolute Gasteiger partial charge is 0.493 e. The van der Waals surface area contributed by atoms with Gasteiger partial charge in [-0.15, -0.1) is 0 Å². The number of rotatable bonds is 7. The fraction of sp³-hybridized carbons (Fsp3) is 0.103. The molecule has 10 heteroatoms. The minimum atomic E-state index is -0.250. The fourth-order valence-electron chi connectivity index (χ4n) is 3.98. The summed E-state index contributed by atoms with van der Waals surface area (Å²) in [6.07, 6.45) is 3.69. The van der Waals surface area contributed by atoms with Crippen LogP contribution in [0.25, 0.3) is 17.0 Å². The Morgan fingerprint density at radius 1 is 1.08 bits per heavy atom. The molecule has 3 aromatic carbocycles. The summed E-state index contributed by atoms with van der Waals surface area (Å²) in [5.74, 6) is 0.671. The van der Waals surface area contributed by atoms with E-state index in [1.54, 1.807) is 62.9 Å². The van der Waals surface area contributed by atoms with Crippen molar-refractivity contribution in [3.8, 4) is 11.5 Å². The number of anilines is 1. The molecule has 8 nitrogen and oxygen atoms in total. The molecule has 1 fully saturated rings. The SMILES string of the molecule is COc1ccc(CC(=O)Nc2ccc(Cl)c(N=C3NC(=O)C(=Cc4ccc5ncccc5c4)S3)c2)cc1OC. The lowest BCUT2D eigenvalue weighted by atomic mass is 10.1. The first-order chi connectivity index (χ1) is 18.9. The summed E-state index contributed by atoms with van der Waals surface area (Å²) in [6.45, 7) is 0. The molecular weight excluding hydrogens is 536 g/mol. The van der Waals surface area contributed by atoms with Crippen LogP contribution in [0.1, 0.15) is 11.1 Å². The zero-order valence-corrected chi connectivity index (χ0v) is 22.6. The van der Waals surface area contributed by atoms with Gasteiger partial charge in [-0.05, 0) is 77.5 Å². The maximum atomic E-state index is 12.7. The third-order valence-electron chi connectivity index (χ3n) is 5.84. The molecule has 0 saturated carbocycles. The minimum absolute atomic E-state index is 0.137. The van der Waals surface area contributed by atoms with E-state index in [1.165, 1.54) is 11.8 Å². The number of benzene rings is 3. The number of ether oxygens (including phenoxy) is 2. The lowest BCUT2D eigenvalue weighted by Crippen LogP contribution is -2.19. The van der Waals surface area contributed by atoms with Crippen LogP contribution in [-0.2, 0) is 16.0 Å². The van der Waals surface area contributed by atoms with Gasteiger partial charge in [-0.3, -0.25) is 14.6 Å². The molecule has 0 radical (unpaired) electrons. The number of hydrogen-bond donors (Lipinski definition) is 2. The highest BCUT2D eigenvalue weighted by atomic mass is 35.5. The number of hydrogen-bond acceptors (Lipinski definition) is 7. The van der Waals surface area contributed by atoms with Gasteiger partial charge in [0.1, 0.15) is 0 Å². The van der Waals surface area contributed by atoms with Crippen LogP contribution >= 0.6 is 23.4 Å². The van der Waals surface area contributed by atoms with E-state index in [0.717, 1.165) is 22.0 Å². The van der Waals surface area contributed by atoms with E-state index in [-0.39, 0.29) is 18.2 Å². The Kier molecular flexibility index (Phi) is 7.81. The second-order valence-corrected chi connectivity index (χ2v) is 9.96. The first kappa shape index (κ1) is 26.3. The molecular formula is C29H23ClN4O4S. The highest BCUT2D eigenvalue weighted by Gasteiger charge is 2.24. The molecule has 2 heterocycles. The molecule has 1 aliphatic rings. The molecule has 0 aliphatic carbocycles. The standard InChI is InChI=1S/C29H23ClN4O4S/c1-37-24-10-6-18(13-25(24)38-2)15-27(35)32-20-7-8-21(30)23(16-20)33-29-34-28(36)26(39-29)14-17-5-9-22-19(12-17)4-3-11-31-22/h3-14,16H,15H2,1-2H3,(H,32,35)(H,33,34,36). The van der Waals surface area contributed by atoms with Crippen molar-refractivity contribution < 1.29 is 19.1 Å². The van der Waals surface area contributed by atoms with Crippen molar-refractivity contribution in [2.24, 2.45) is 4.99 Å². The molecule has 1 aliphatic heterocycles. The van der Waals surface area contributed by atoms with E-state index in [9.17, 15) is 9.59 Å². The summed E-state index contributed by atoms with van der Waals surface area (Å²) < 4.78 is 10.6. The summed E-state index contributed by atoms with van der Waals surface area (Å²) in [4.78, 5) is 34.6. The molecule has 5 rings (SSSR count). The maximum Gasteiger partial charge on any atom is 0.264 e. The molecule has 196 valence electrons. The number of carbonyl (C=O) groups is 2. The molecule has 1 aromatic heterocycles. The maximum absolute atomic E-state index is 12.7. The zero-order chi connectivity index (χ0) is 27.4. The third-order valence-corrected chi connectivity index (χ3v) is 7.07. The lowest BCUT2D eigenvalue weighted by molar-refractivity contribution is -0.116. The molecule has 2 N–H and O–H groups in total. The average Bonchev–Trinajstić information content (AvgIpc) is 3.28. The van der Waals surface area contributed by atoms with Crippen LogP contribution in [0.2, 0.25) is 5.02 Å². The van der Waals surface area contributed by atoms with Gasteiger partial charge in [-0.25, -0.2) is 4.99 Å². The first-order valence-electron chi connectivity index (χ1n) is 11.9. The van der Waals surface area contributed by atoms with E-state index < -0.39 is 0 Å². The van der Waals surface area contributed by atoms with Gasteiger partial charge in [-0.1, -0.05) is 29.8 Å². The molecule has 39 heavy (non-hydrogen) atoms. The van der Waals surface area contributed by atoms with Gasteiger partial charge in [-0.2, -0.15) is 0 Å². The Morgan fingerprint density at radius 3 is 2.74 bits per heavy atom. The second-order valence-electron chi connectivity index (χ2n) is 8.52. The Morgan fingerprint density at radius 2 is 1.92 bits per heavy atom. The van der Waals surface area contributed by atoms with Gasteiger partial charge in [0, 0.05) is 17.3 Å². The highest BCUT2D eigenvalue weighted by molar-refractivity contribution is 8.18. The summed E-state index contributed by atoms with van der Waals surface area (Å²) in [5, 5.41) is 7.40. The van der Waals surface area contributed by atoms with E-state index in [4.69, 9.17) is 21.1 Å². The number of amidine groups is 1. The number of nitrogens with zero attached hydrogens (tertiary/aromatic N) is 2. The molecule has 0 bridgehead atoms. The predicted octanol–water partition coefficient (Wildman–Crippen LogP) is 5.98. The van der Waals surface area contributed by atoms with Crippen LogP contribution in [0.3, 0.4) is 0 Å². The Labute approximate surface area is 234 Å².